The molecule has 2 heterocycles. The number of methoxy groups -OCH3 is 2. The number of hydrogen-bond donors (Lipinski definition) is 0. The molecular weight excluding hydrogens is 628 g/mol. The first-order valence-electron chi connectivity index (χ1n) is 14.7. The second-order valence-corrected chi connectivity index (χ2v) is 10.9. The molecule has 1 aromatic heterocycles. The smallest absolute Gasteiger partial charge is 0.416 e. The minimum absolute atomic E-state index is 0.0375. The lowest BCUT2D eigenvalue weighted by Gasteiger charge is -2.40. The van der Waals surface area contributed by atoms with Gasteiger partial charge in [0.2, 0.25) is 5.91 Å². The zero-order valence-electron chi connectivity index (χ0n) is 25.7. The van der Waals surface area contributed by atoms with Crippen LogP contribution in [-0.4, -0.2) is 48.6 Å². The lowest BCUT2D eigenvalue weighted by atomic mass is 9.96. The molecule has 0 bridgehead atoms. The van der Waals surface area contributed by atoms with Gasteiger partial charge in [-0.1, -0.05) is 25.5 Å². The number of rotatable bonds is 9. The maximum absolute atomic E-state index is 14.5. The van der Waals surface area contributed by atoms with E-state index in [1.165, 1.54) is 19.1 Å². The number of fused-ring (bicyclic) bond motifs is 3. The van der Waals surface area contributed by atoms with Crippen LogP contribution >= 0.6 is 0 Å². The molecule has 2 amide bonds. The van der Waals surface area contributed by atoms with Crippen molar-refractivity contribution < 1.29 is 45.4 Å². The summed E-state index contributed by atoms with van der Waals surface area (Å²) in [6.45, 7) is 1.09. The molecule has 1 atom stereocenters. The van der Waals surface area contributed by atoms with Crippen LogP contribution in [0, 0.1) is 0 Å². The Kier molecular flexibility index (Phi) is 9.28. The summed E-state index contributed by atoms with van der Waals surface area (Å²) in [5.41, 5.74) is -1.72. The molecule has 7 nitrogen and oxygen atoms in total. The fourth-order valence-corrected chi connectivity index (χ4v) is 5.71. The number of unbranched alkanes of at least 4 members (excludes halogenated alkanes) is 1. The van der Waals surface area contributed by atoms with E-state index in [2.05, 4.69) is 0 Å². The molecule has 1 aliphatic heterocycles. The Balaban J connectivity index is 1.61. The van der Waals surface area contributed by atoms with Crippen LogP contribution in [0.2, 0.25) is 0 Å². The number of aromatic nitrogens is 1. The molecule has 0 saturated carbocycles. The minimum Gasteiger partial charge on any atom is -0.497 e. The lowest BCUT2D eigenvalue weighted by Crippen LogP contribution is -2.47. The van der Waals surface area contributed by atoms with E-state index in [1.807, 2.05) is 22.9 Å². The summed E-state index contributed by atoms with van der Waals surface area (Å²) >= 11 is 0. The first-order chi connectivity index (χ1) is 22.3. The van der Waals surface area contributed by atoms with Crippen molar-refractivity contribution in [3.63, 3.8) is 0 Å². The summed E-state index contributed by atoms with van der Waals surface area (Å²) in [5.74, 6) is -0.835. The first-order valence-corrected chi connectivity index (χ1v) is 14.7. The SMILES string of the molecule is CCCCN(CC(=O)N1c2ccccc2-n2cccc2C1c1cc(OC)ccc1OC)C(=O)c1cc(C(F)(F)F)cc(C(F)(F)F)c1. The highest BCUT2D eigenvalue weighted by molar-refractivity contribution is 6.03. The molecule has 248 valence electrons. The van der Waals surface area contributed by atoms with E-state index in [9.17, 15) is 35.9 Å². The second kappa shape index (κ2) is 13.0. The van der Waals surface area contributed by atoms with Crippen LogP contribution < -0.4 is 14.4 Å². The highest BCUT2D eigenvalue weighted by Crippen LogP contribution is 2.45. The predicted octanol–water partition coefficient (Wildman–Crippen LogP) is 7.91. The standard InChI is InChI=1S/C34H31F6N3O4/c1-4-5-14-41(32(45)21-16-22(33(35,36)37)18-23(17-21)34(38,39)40)20-30(44)43-27-10-7-6-9-26(27)42-15-8-11-28(42)31(43)25-19-24(46-2)12-13-29(25)47-3/h6-13,15-19,31H,4-5,14,20H2,1-3H3. The molecule has 1 aliphatic rings. The predicted molar refractivity (Wildman–Crippen MR) is 162 cm³/mol. The van der Waals surface area contributed by atoms with E-state index in [-0.39, 0.29) is 12.6 Å². The van der Waals surface area contributed by atoms with E-state index in [0.717, 1.165) is 4.90 Å². The molecule has 0 spiro atoms. The summed E-state index contributed by atoms with van der Waals surface area (Å²) in [7, 11) is 2.96. The lowest BCUT2D eigenvalue weighted by molar-refractivity contribution is -0.143. The van der Waals surface area contributed by atoms with Gasteiger partial charge < -0.3 is 18.9 Å². The zero-order valence-corrected chi connectivity index (χ0v) is 25.7. The van der Waals surface area contributed by atoms with Gasteiger partial charge in [0.1, 0.15) is 24.1 Å². The zero-order chi connectivity index (χ0) is 34.1. The topological polar surface area (TPSA) is 64.0 Å². The molecule has 5 rings (SSSR count). The Bertz CT molecular complexity index is 1750. The Labute approximate surface area is 266 Å². The molecule has 13 heteroatoms. The first kappa shape index (κ1) is 33.4. The minimum atomic E-state index is -5.14. The third kappa shape index (κ3) is 6.65. The quantitative estimate of drug-likeness (QED) is 0.171. The van der Waals surface area contributed by atoms with Gasteiger partial charge in [-0.3, -0.25) is 14.5 Å². The highest BCUT2D eigenvalue weighted by Gasteiger charge is 2.40. The summed E-state index contributed by atoms with van der Waals surface area (Å²) in [6.07, 6.45) is -7.57. The van der Waals surface area contributed by atoms with Crippen LogP contribution in [0.25, 0.3) is 5.69 Å². The van der Waals surface area contributed by atoms with Gasteiger partial charge in [0.05, 0.1) is 42.4 Å². The fraction of sp³-hybridized carbons (Fsp3) is 0.294. The van der Waals surface area contributed by atoms with Gasteiger partial charge >= 0.3 is 12.4 Å². The molecule has 1 unspecified atom stereocenters. The third-order valence-corrected chi connectivity index (χ3v) is 7.95. The number of amides is 2. The summed E-state index contributed by atoms with van der Waals surface area (Å²) in [5, 5.41) is 0. The van der Waals surface area contributed by atoms with Crippen LogP contribution in [0.15, 0.2) is 79.0 Å². The summed E-state index contributed by atoms with van der Waals surface area (Å²) in [4.78, 5) is 30.7. The summed E-state index contributed by atoms with van der Waals surface area (Å²) in [6, 6.07) is 15.7. The second-order valence-electron chi connectivity index (χ2n) is 10.9. The molecule has 3 aromatic carbocycles. The van der Waals surface area contributed by atoms with Crippen molar-refractivity contribution in [2.24, 2.45) is 0 Å². The van der Waals surface area contributed by atoms with Gasteiger partial charge in [-0.2, -0.15) is 26.3 Å². The fourth-order valence-electron chi connectivity index (χ4n) is 5.71. The molecule has 0 N–H and O–H groups in total. The van der Waals surface area contributed by atoms with Gasteiger partial charge in [-0.15, -0.1) is 0 Å². The monoisotopic (exact) mass is 659 g/mol. The molecular formula is C34H31F6N3O4. The van der Waals surface area contributed by atoms with Crippen LogP contribution in [0.4, 0.5) is 32.0 Å². The number of benzene rings is 3. The van der Waals surface area contributed by atoms with E-state index >= 15 is 0 Å². The molecule has 0 radical (unpaired) electrons. The number of hydrogen-bond acceptors (Lipinski definition) is 4. The molecule has 0 saturated heterocycles. The number of carbonyl (C=O) groups is 2. The largest absolute Gasteiger partial charge is 0.497 e. The number of nitrogens with zero attached hydrogens (tertiary/aromatic N) is 3. The molecule has 0 aliphatic carbocycles. The Morgan fingerprint density at radius 3 is 2.09 bits per heavy atom. The van der Waals surface area contributed by atoms with E-state index in [0.29, 0.717) is 59.1 Å². The number of carbonyl (C=O) groups excluding carboxylic acids is 2. The van der Waals surface area contributed by atoms with Crippen molar-refractivity contribution in [3.05, 3.63) is 107 Å². The number of anilines is 1. The third-order valence-electron chi connectivity index (χ3n) is 7.95. The average Bonchev–Trinajstić information content (AvgIpc) is 3.54. The number of halogens is 6. The van der Waals surface area contributed by atoms with E-state index < -0.39 is 53.4 Å². The maximum atomic E-state index is 14.5. The normalized spacial score (nSPS) is 14.3. The Hall–Kier alpha value is -4.94. The van der Waals surface area contributed by atoms with Crippen molar-refractivity contribution in [3.8, 4) is 17.2 Å². The van der Waals surface area contributed by atoms with Gasteiger partial charge in [0.25, 0.3) is 5.91 Å². The van der Waals surface area contributed by atoms with Crippen LogP contribution in [0.5, 0.6) is 11.5 Å². The number of alkyl halides is 6. The van der Waals surface area contributed by atoms with Crippen molar-refractivity contribution in [2.75, 3.05) is 32.2 Å². The van der Waals surface area contributed by atoms with Crippen molar-refractivity contribution in [1.29, 1.82) is 0 Å². The molecule has 47 heavy (non-hydrogen) atoms. The van der Waals surface area contributed by atoms with Crippen molar-refractivity contribution in [1.82, 2.24) is 9.47 Å². The highest BCUT2D eigenvalue weighted by atomic mass is 19.4. The number of ether oxygens (including phenoxy) is 2. The van der Waals surface area contributed by atoms with E-state index in [1.54, 1.807) is 49.4 Å². The van der Waals surface area contributed by atoms with Crippen LogP contribution in [0.1, 0.15) is 58.5 Å². The Morgan fingerprint density at radius 2 is 1.49 bits per heavy atom. The molecule has 0 fully saturated rings. The maximum Gasteiger partial charge on any atom is 0.416 e. The van der Waals surface area contributed by atoms with Crippen molar-refractivity contribution >= 4 is 17.5 Å². The average molecular weight is 660 g/mol. The van der Waals surface area contributed by atoms with Gasteiger partial charge in [0, 0.05) is 23.9 Å². The van der Waals surface area contributed by atoms with Gasteiger partial charge in [0.15, 0.2) is 0 Å². The summed E-state index contributed by atoms with van der Waals surface area (Å²) < 4.78 is 94.9. The Morgan fingerprint density at radius 1 is 0.830 bits per heavy atom. The van der Waals surface area contributed by atoms with Crippen molar-refractivity contribution in [2.45, 2.75) is 38.2 Å². The van der Waals surface area contributed by atoms with E-state index in [4.69, 9.17) is 9.47 Å². The van der Waals surface area contributed by atoms with Gasteiger partial charge in [-0.25, -0.2) is 0 Å². The van der Waals surface area contributed by atoms with Gasteiger partial charge in [-0.05, 0) is 67.1 Å². The van der Waals surface area contributed by atoms with Crippen LogP contribution in [0.3, 0.4) is 0 Å². The number of para-hydroxylation sites is 2. The molecule has 4 aromatic rings. The van der Waals surface area contributed by atoms with Crippen LogP contribution in [-0.2, 0) is 17.1 Å².